The molecule has 0 atom stereocenters. The highest BCUT2D eigenvalue weighted by molar-refractivity contribution is 6.13. The summed E-state index contributed by atoms with van der Waals surface area (Å²) < 4.78 is 12.4. The van der Waals surface area contributed by atoms with E-state index in [2.05, 4.69) is 12.1 Å². The van der Waals surface area contributed by atoms with E-state index in [0.717, 1.165) is 37.4 Å². The van der Waals surface area contributed by atoms with Crippen LogP contribution in [0.3, 0.4) is 0 Å². The zero-order valence-corrected chi connectivity index (χ0v) is 10.4. The van der Waals surface area contributed by atoms with E-state index < -0.39 is 0 Å². The largest absolute Gasteiger partial charge is 0.493 e. The fraction of sp³-hybridized carbons (Fsp3) is 0.500. The molecule has 16 heavy (non-hydrogen) atoms. The van der Waals surface area contributed by atoms with Crippen LogP contribution in [0.15, 0.2) is 12.1 Å². The Morgan fingerprint density at radius 1 is 1.00 bits per heavy atom. The average Bonchev–Trinajstić information content (AvgIpc) is 2.50. The molecule has 1 aliphatic heterocycles. The van der Waals surface area contributed by atoms with Crippen molar-refractivity contribution in [2.24, 2.45) is 0 Å². The van der Waals surface area contributed by atoms with Crippen LogP contribution in [0.1, 0.15) is 11.1 Å². The lowest BCUT2D eigenvalue weighted by Gasteiger charge is -2.12. The maximum atomic E-state index is 6.03. The second-order valence-corrected chi connectivity index (χ2v) is 4.36. The second kappa shape index (κ2) is 4.93. The van der Waals surface area contributed by atoms with E-state index in [1.165, 1.54) is 11.1 Å². The molecule has 0 fully saturated rings. The summed E-state index contributed by atoms with van der Waals surface area (Å²) in [4.78, 5) is 0. The zero-order valence-electron chi connectivity index (χ0n) is 9.62. The number of nitrogens with zero attached hydrogens (tertiary/aromatic N) is 1. The number of ether oxygens (including phenoxy) is 2. The summed E-state index contributed by atoms with van der Waals surface area (Å²) >= 11 is 6.03. The summed E-state index contributed by atoms with van der Waals surface area (Å²) in [7, 11) is 3.32. The van der Waals surface area contributed by atoms with Crippen LogP contribution in [0.4, 0.5) is 0 Å². The Labute approximate surface area is 101 Å². The molecule has 0 spiro atoms. The second-order valence-electron chi connectivity index (χ2n) is 3.89. The molecule has 0 saturated heterocycles. The van der Waals surface area contributed by atoms with Crippen LogP contribution in [-0.4, -0.2) is 31.7 Å². The van der Waals surface area contributed by atoms with Gasteiger partial charge in [-0.25, -0.2) is 4.42 Å². The van der Waals surface area contributed by atoms with Crippen LogP contribution in [0.2, 0.25) is 0 Å². The number of hydrogen-bond acceptors (Lipinski definition) is 3. The fourth-order valence-electron chi connectivity index (χ4n) is 2.02. The summed E-state index contributed by atoms with van der Waals surface area (Å²) in [5.74, 6) is 1.59. The molecule has 0 radical (unpaired) electrons. The van der Waals surface area contributed by atoms with Gasteiger partial charge >= 0.3 is 0 Å². The third kappa shape index (κ3) is 2.25. The molecule has 2 rings (SSSR count). The summed E-state index contributed by atoms with van der Waals surface area (Å²) in [5.41, 5.74) is 2.61. The van der Waals surface area contributed by atoms with Crippen molar-refractivity contribution in [3.05, 3.63) is 23.3 Å². The van der Waals surface area contributed by atoms with Crippen LogP contribution in [0.25, 0.3) is 0 Å². The van der Waals surface area contributed by atoms with E-state index in [1.54, 1.807) is 14.2 Å². The maximum Gasteiger partial charge on any atom is 0.161 e. The molecule has 0 aromatic heterocycles. The van der Waals surface area contributed by atoms with Gasteiger partial charge in [-0.1, -0.05) is 0 Å². The average molecular weight is 242 g/mol. The van der Waals surface area contributed by atoms with Crippen molar-refractivity contribution in [3.8, 4) is 11.5 Å². The van der Waals surface area contributed by atoms with Crippen molar-refractivity contribution < 1.29 is 9.47 Å². The van der Waals surface area contributed by atoms with E-state index in [1.807, 2.05) is 4.42 Å². The molecule has 0 saturated carbocycles. The predicted molar refractivity (Wildman–Crippen MR) is 64.4 cm³/mol. The first-order chi connectivity index (χ1) is 7.74. The number of benzene rings is 1. The standard InChI is InChI=1S/C12H16ClNO2/c1-15-11-7-9-3-5-14(13)6-4-10(9)8-12(11)16-2/h7-8H,3-6H2,1-2H3. The van der Waals surface area contributed by atoms with Gasteiger partial charge in [0, 0.05) is 13.1 Å². The Morgan fingerprint density at radius 2 is 1.44 bits per heavy atom. The highest BCUT2D eigenvalue weighted by Gasteiger charge is 2.15. The molecule has 0 unspecified atom stereocenters. The molecule has 0 bridgehead atoms. The first-order valence-electron chi connectivity index (χ1n) is 5.39. The molecule has 0 amide bonds. The van der Waals surface area contributed by atoms with Gasteiger partial charge in [0.15, 0.2) is 11.5 Å². The van der Waals surface area contributed by atoms with Gasteiger partial charge in [-0.05, 0) is 47.9 Å². The number of halogens is 1. The molecule has 88 valence electrons. The fourth-order valence-corrected chi connectivity index (χ4v) is 2.19. The molecular formula is C12H16ClNO2. The van der Waals surface area contributed by atoms with Gasteiger partial charge in [0.05, 0.1) is 14.2 Å². The van der Waals surface area contributed by atoms with Gasteiger partial charge in [0.25, 0.3) is 0 Å². The van der Waals surface area contributed by atoms with E-state index >= 15 is 0 Å². The molecule has 3 nitrogen and oxygen atoms in total. The Bertz CT molecular complexity index is 347. The van der Waals surface area contributed by atoms with Crippen molar-refractivity contribution in [2.75, 3.05) is 27.3 Å². The number of fused-ring (bicyclic) bond motifs is 1. The maximum absolute atomic E-state index is 6.03. The smallest absolute Gasteiger partial charge is 0.161 e. The van der Waals surface area contributed by atoms with Crippen LogP contribution in [-0.2, 0) is 12.8 Å². The molecular weight excluding hydrogens is 226 g/mol. The summed E-state index contributed by atoms with van der Waals surface area (Å²) in [5, 5.41) is 0. The quantitative estimate of drug-likeness (QED) is 0.742. The van der Waals surface area contributed by atoms with Crippen LogP contribution in [0, 0.1) is 0 Å². The minimum absolute atomic E-state index is 0.796. The highest BCUT2D eigenvalue weighted by Crippen LogP contribution is 2.32. The van der Waals surface area contributed by atoms with Gasteiger partial charge < -0.3 is 9.47 Å². The lowest BCUT2D eigenvalue weighted by molar-refractivity contribution is 0.354. The molecule has 1 aliphatic rings. The molecule has 1 aromatic carbocycles. The van der Waals surface area contributed by atoms with Gasteiger partial charge in [-0.3, -0.25) is 0 Å². The minimum atomic E-state index is 0.796. The van der Waals surface area contributed by atoms with Gasteiger partial charge in [0.1, 0.15) is 0 Å². The van der Waals surface area contributed by atoms with Crippen LogP contribution >= 0.6 is 11.8 Å². The Hall–Kier alpha value is -0.930. The number of methoxy groups -OCH3 is 2. The Balaban J connectivity index is 2.37. The molecule has 4 heteroatoms. The lowest BCUT2D eigenvalue weighted by Crippen LogP contribution is -2.14. The highest BCUT2D eigenvalue weighted by atomic mass is 35.5. The Morgan fingerprint density at radius 3 is 1.81 bits per heavy atom. The third-order valence-corrected chi connectivity index (χ3v) is 3.29. The molecule has 1 heterocycles. The monoisotopic (exact) mass is 241 g/mol. The van der Waals surface area contributed by atoms with Gasteiger partial charge in [0.2, 0.25) is 0 Å². The van der Waals surface area contributed by atoms with E-state index in [-0.39, 0.29) is 0 Å². The summed E-state index contributed by atoms with van der Waals surface area (Å²) in [6.45, 7) is 1.76. The third-order valence-electron chi connectivity index (χ3n) is 2.95. The van der Waals surface area contributed by atoms with Crippen molar-refractivity contribution in [3.63, 3.8) is 0 Å². The van der Waals surface area contributed by atoms with Gasteiger partial charge in [-0.15, -0.1) is 0 Å². The molecule has 1 aromatic rings. The summed E-state index contributed by atoms with van der Waals surface area (Å²) in [6, 6.07) is 4.12. The van der Waals surface area contributed by atoms with Crippen LogP contribution < -0.4 is 9.47 Å². The zero-order chi connectivity index (χ0) is 11.5. The summed E-state index contributed by atoms with van der Waals surface area (Å²) in [6.07, 6.45) is 1.92. The molecule has 0 N–H and O–H groups in total. The molecule has 0 aliphatic carbocycles. The predicted octanol–water partition coefficient (Wildman–Crippen LogP) is 2.26. The van der Waals surface area contributed by atoms with E-state index in [9.17, 15) is 0 Å². The van der Waals surface area contributed by atoms with E-state index in [0.29, 0.717) is 0 Å². The number of hydrogen-bond donors (Lipinski definition) is 0. The SMILES string of the molecule is COc1cc2c(cc1OC)CCN(Cl)CC2. The Kier molecular flexibility index (Phi) is 3.56. The van der Waals surface area contributed by atoms with Crippen molar-refractivity contribution in [1.29, 1.82) is 0 Å². The van der Waals surface area contributed by atoms with Crippen molar-refractivity contribution in [1.82, 2.24) is 4.42 Å². The normalized spacial score (nSPS) is 16.4. The minimum Gasteiger partial charge on any atom is -0.493 e. The van der Waals surface area contributed by atoms with Crippen molar-refractivity contribution >= 4 is 11.8 Å². The topological polar surface area (TPSA) is 21.7 Å². The van der Waals surface area contributed by atoms with Crippen molar-refractivity contribution in [2.45, 2.75) is 12.8 Å². The lowest BCUT2D eigenvalue weighted by atomic mass is 10.0. The first kappa shape index (κ1) is 11.6. The first-order valence-corrected chi connectivity index (χ1v) is 5.73. The van der Waals surface area contributed by atoms with Crippen LogP contribution in [0.5, 0.6) is 11.5 Å². The van der Waals surface area contributed by atoms with Gasteiger partial charge in [-0.2, -0.15) is 0 Å². The number of rotatable bonds is 2. The van der Waals surface area contributed by atoms with E-state index in [4.69, 9.17) is 21.3 Å².